The molecule has 1 aliphatic heterocycles. The Labute approximate surface area is 171 Å². The van der Waals surface area contributed by atoms with Gasteiger partial charge in [-0.2, -0.15) is 0 Å². The summed E-state index contributed by atoms with van der Waals surface area (Å²) in [6, 6.07) is 7.88. The number of nitrogen functional groups attached to an aromatic ring is 1. The summed E-state index contributed by atoms with van der Waals surface area (Å²) in [5.41, 5.74) is 8.08. The second-order valence-electron chi connectivity index (χ2n) is 8.22. The van der Waals surface area contributed by atoms with Gasteiger partial charge in [-0.1, -0.05) is 24.3 Å². The molecule has 0 saturated carbocycles. The molecule has 0 spiro atoms. The number of ether oxygens (including phenoxy) is 1. The molecule has 1 unspecified atom stereocenters. The Morgan fingerprint density at radius 3 is 2.59 bits per heavy atom. The van der Waals surface area contributed by atoms with Crippen LogP contribution in [0.5, 0.6) is 0 Å². The Bertz CT molecular complexity index is 835. The van der Waals surface area contributed by atoms with E-state index < -0.39 is 5.60 Å². The zero-order valence-corrected chi connectivity index (χ0v) is 17.2. The number of carbonyl (C=O) groups is 1. The lowest BCUT2D eigenvalue weighted by Gasteiger charge is -2.41. The van der Waals surface area contributed by atoms with Crippen molar-refractivity contribution in [3.63, 3.8) is 0 Å². The van der Waals surface area contributed by atoms with E-state index in [1.165, 1.54) is 0 Å². The molecule has 8 heteroatoms. The van der Waals surface area contributed by atoms with Crippen molar-refractivity contribution >= 4 is 12.0 Å². The molecule has 8 nitrogen and oxygen atoms in total. The second-order valence-corrected chi connectivity index (χ2v) is 8.22. The topological polar surface area (TPSA) is 105 Å². The van der Waals surface area contributed by atoms with Crippen molar-refractivity contribution in [2.75, 3.05) is 32.0 Å². The maximum absolute atomic E-state index is 12.4. The molecule has 0 bridgehead atoms. The van der Waals surface area contributed by atoms with E-state index in [-0.39, 0.29) is 24.7 Å². The molecule has 29 heavy (non-hydrogen) atoms. The van der Waals surface area contributed by atoms with Gasteiger partial charge in [0.15, 0.2) is 0 Å². The minimum Gasteiger partial charge on any atom is -0.444 e. The highest BCUT2D eigenvalue weighted by Gasteiger charge is 2.31. The van der Waals surface area contributed by atoms with E-state index in [1.807, 2.05) is 39.0 Å². The Kier molecular flexibility index (Phi) is 6.34. The molecular formula is C21H29N5O3. The number of anilines is 1. The quantitative estimate of drug-likeness (QED) is 0.811. The van der Waals surface area contributed by atoms with Gasteiger partial charge in [0.25, 0.3) is 0 Å². The van der Waals surface area contributed by atoms with Crippen molar-refractivity contribution in [3.8, 4) is 11.1 Å². The first-order valence-electron chi connectivity index (χ1n) is 9.75. The highest BCUT2D eigenvalue weighted by molar-refractivity contribution is 5.68. The van der Waals surface area contributed by atoms with Crippen LogP contribution in [-0.4, -0.2) is 68.9 Å². The fourth-order valence-electron chi connectivity index (χ4n) is 3.40. The number of carbonyl (C=O) groups excluding carboxylic acids is 1. The molecule has 0 aliphatic carbocycles. The lowest BCUT2D eigenvalue weighted by atomic mass is 10.0. The first kappa shape index (κ1) is 21.0. The van der Waals surface area contributed by atoms with Gasteiger partial charge in [-0.3, -0.25) is 4.90 Å². The zero-order valence-electron chi connectivity index (χ0n) is 17.2. The normalized spacial score (nSPS) is 17.9. The smallest absolute Gasteiger partial charge is 0.410 e. The average molecular weight is 399 g/mol. The summed E-state index contributed by atoms with van der Waals surface area (Å²) in [5.74, 6) is 0.241. The number of aliphatic hydroxyl groups is 1. The van der Waals surface area contributed by atoms with E-state index in [2.05, 4.69) is 20.9 Å². The van der Waals surface area contributed by atoms with Crippen molar-refractivity contribution in [3.05, 3.63) is 42.2 Å². The van der Waals surface area contributed by atoms with Crippen LogP contribution in [0.15, 0.2) is 36.7 Å². The van der Waals surface area contributed by atoms with Crippen LogP contribution in [0, 0.1) is 0 Å². The van der Waals surface area contributed by atoms with Crippen LogP contribution in [0.1, 0.15) is 26.3 Å². The van der Waals surface area contributed by atoms with E-state index in [0.29, 0.717) is 26.2 Å². The number of amides is 1. The van der Waals surface area contributed by atoms with E-state index in [0.717, 1.165) is 16.7 Å². The first-order valence-corrected chi connectivity index (χ1v) is 9.75. The van der Waals surface area contributed by atoms with Gasteiger partial charge in [0.05, 0.1) is 12.6 Å². The van der Waals surface area contributed by atoms with E-state index in [4.69, 9.17) is 10.5 Å². The van der Waals surface area contributed by atoms with Crippen molar-refractivity contribution in [2.24, 2.45) is 0 Å². The number of benzene rings is 1. The molecule has 0 radical (unpaired) electrons. The Hall–Kier alpha value is -2.71. The molecule has 1 aromatic heterocycles. The fraction of sp³-hybridized carbons (Fsp3) is 0.476. The SMILES string of the molecule is CC(C)(C)OC(=O)N1CCN(Cc2ccccc2-c2cnc(N)nc2)C(CO)C1. The number of rotatable bonds is 4. The van der Waals surface area contributed by atoms with Crippen molar-refractivity contribution in [1.29, 1.82) is 0 Å². The first-order chi connectivity index (χ1) is 13.8. The van der Waals surface area contributed by atoms with Gasteiger partial charge in [-0.25, -0.2) is 14.8 Å². The largest absolute Gasteiger partial charge is 0.444 e. The number of piperazine rings is 1. The van der Waals surface area contributed by atoms with Gasteiger partial charge in [0.1, 0.15) is 5.60 Å². The lowest BCUT2D eigenvalue weighted by Crippen LogP contribution is -2.56. The minimum atomic E-state index is -0.539. The highest BCUT2D eigenvalue weighted by Crippen LogP contribution is 2.25. The molecule has 156 valence electrons. The molecule has 1 amide bonds. The van der Waals surface area contributed by atoms with Crippen LogP contribution in [0.3, 0.4) is 0 Å². The highest BCUT2D eigenvalue weighted by atomic mass is 16.6. The Morgan fingerprint density at radius 1 is 1.24 bits per heavy atom. The maximum Gasteiger partial charge on any atom is 0.410 e. The average Bonchev–Trinajstić information content (AvgIpc) is 2.68. The second kappa shape index (κ2) is 8.75. The van der Waals surface area contributed by atoms with Gasteiger partial charge in [0.2, 0.25) is 5.95 Å². The number of nitrogens with zero attached hydrogens (tertiary/aromatic N) is 4. The van der Waals surface area contributed by atoms with Crippen LogP contribution in [-0.2, 0) is 11.3 Å². The predicted molar refractivity (Wildman–Crippen MR) is 111 cm³/mol. The Morgan fingerprint density at radius 2 is 1.93 bits per heavy atom. The molecular weight excluding hydrogens is 370 g/mol. The number of aliphatic hydroxyl groups excluding tert-OH is 1. The molecule has 3 N–H and O–H groups in total. The number of hydrogen-bond acceptors (Lipinski definition) is 7. The summed E-state index contributed by atoms with van der Waals surface area (Å²) in [6.45, 7) is 7.79. The standard InChI is InChI=1S/C21H29N5O3/c1-21(2,3)29-20(28)26-9-8-25(17(13-26)14-27)12-15-6-4-5-7-18(15)16-10-23-19(22)24-11-16/h4-7,10-11,17,27H,8-9,12-14H2,1-3H3,(H2,22,23,24). The monoisotopic (exact) mass is 399 g/mol. The summed E-state index contributed by atoms with van der Waals surface area (Å²) in [4.78, 5) is 24.4. The van der Waals surface area contributed by atoms with Gasteiger partial charge < -0.3 is 20.5 Å². The molecule has 1 aliphatic rings. The molecule has 2 aromatic rings. The van der Waals surface area contributed by atoms with E-state index in [1.54, 1.807) is 17.3 Å². The van der Waals surface area contributed by atoms with Gasteiger partial charge in [-0.05, 0) is 31.9 Å². The van der Waals surface area contributed by atoms with Crippen LogP contribution in [0.4, 0.5) is 10.7 Å². The van der Waals surface area contributed by atoms with Gasteiger partial charge in [-0.15, -0.1) is 0 Å². The van der Waals surface area contributed by atoms with E-state index in [9.17, 15) is 9.90 Å². The lowest BCUT2D eigenvalue weighted by molar-refractivity contribution is -0.00607. The van der Waals surface area contributed by atoms with Crippen LogP contribution < -0.4 is 5.73 Å². The third kappa shape index (κ3) is 5.42. The van der Waals surface area contributed by atoms with Crippen molar-refractivity contribution in [1.82, 2.24) is 19.8 Å². The summed E-state index contributed by atoms with van der Waals surface area (Å²) in [5, 5.41) is 9.93. The van der Waals surface area contributed by atoms with Gasteiger partial charge >= 0.3 is 6.09 Å². The Balaban J connectivity index is 1.73. The third-order valence-electron chi connectivity index (χ3n) is 4.84. The zero-order chi connectivity index (χ0) is 21.0. The number of hydrogen-bond donors (Lipinski definition) is 2. The summed E-state index contributed by atoms with van der Waals surface area (Å²) < 4.78 is 5.47. The van der Waals surface area contributed by atoms with E-state index >= 15 is 0 Å². The maximum atomic E-state index is 12.4. The van der Waals surface area contributed by atoms with Crippen LogP contribution in [0.25, 0.3) is 11.1 Å². The summed E-state index contributed by atoms with van der Waals surface area (Å²) >= 11 is 0. The number of nitrogens with two attached hydrogens (primary N) is 1. The summed E-state index contributed by atoms with van der Waals surface area (Å²) in [7, 11) is 0. The molecule has 1 aromatic carbocycles. The third-order valence-corrected chi connectivity index (χ3v) is 4.84. The minimum absolute atomic E-state index is 0.0353. The van der Waals surface area contributed by atoms with Gasteiger partial charge in [0, 0.05) is 44.1 Å². The number of aromatic nitrogens is 2. The van der Waals surface area contributed by atoms with Crippen LogP contribution >= 0.6 is 0 Å². The molecule has 1 saturated heterocycles. The summed E-state index contributed by atoms with van der Waals surface area (Å²) in [6.07, 6.45) is 3.09. The van der Waals surface area contributed by atoms with Crippen molar-refractivity contribution in [2.45, 2.75) is 39.0 Å². The fourth-order valence-corrected chi connectivity index (χ4v) is 3.40. The molecule has 3 rings (SSSR count). The molecule has 1 atom stereocenters. The molecule has 1 fully saturated rings. The van der Waals surface area contributed by atoms with Crippen molar-refractivity contribution < 1.29 is 14.6 Å². The molecule has 2 heterocycles. The van der Waals surface area contributed by atoms with Crippen LogP contribution in [0.2, 0.25) is 0 Å². The predicted octanol–water partition coefficient (Wildman–Crippen LogP) is 2.14.